The van der Waals surface area contributed by atoms with Crippen LogP contribution in [0.1, 0.15) is 227 Å². The summed E-state index contributed by atoms with van der Waals surface area (Å²) in [5, 5.41) is 113. The maximum absolute atomic E-state index is 14.9. The van der Waals surface area contributed by atoms with Crippen molar-refractivity contribution in [3.63, 3.8) is 0 Å². The molecule has 2 aliphatic rings. The highest BCUT2D eigenvalue weighted by Crippen LogP contribution is 2.25. The second kappa shape index (κ2) is 72.6. The largest absolute Gasteiger partial charge is 0.481 e. The normalized spacial score (nSPS) is 17.1. The van der Waals surface area contributed by atoms with Crippen molar-refractivity contribution in [3.8, 4) is 0 Å². The van der Waals surface area contributed by atoms with Crippen LogP contribution in [-0.4, -0.2) is 382 Å². The van der Waals surface area contributed by atoms with Crippen LogP contribution in [0.3, 0.4) is 0 Å². The molecule has 57 heteroatoms. The van der Waals surface area contributed by atoms with E-state index < -0.39 is 297 Å². The van der Waals surface area contributed by atoms with Gasteiger partial charge in [-0.2, -0.15) is 0 Å². The third-order valence-corrected chi connectivity index (χ3v) is 24.7. The van der Waals surface area contributed by atoms with Gasteiger partial charge >= 0.3 is 17.9 Å². The molecule has 2 saturated heterocycles. The second-order valence-electron chi connectivity index (χ2n) is 37.1. The second-order valence-corrected chi connectivity index (χ2v) is 37.1. The summed E-state index contributed by atoms with van der Waals surface area (Å²) in [5.41, 5.74) is 41.7. The minimum absolute atomic E-state index is 0.0132. The number of hydrogen-bond donors (Lipinski definition) is 34. The molecule has 2 rings (SSSR count). The molecule has 18 amide bonds. The van der Waals surface area contributed by atoms with E-state index in [1.54, 1.807) is 0 Å². The lowest BCUT2D eigenvalue weighted by atomic mass is 10.0. The molecule has 0 aromatic heterocycles. The molecule has 147 heavy (non-hydrogen) atoms. The van der Waals surface area contributed by atoms with Gasteiger partial charge in [0.1, 0.15) is 110 Å². The van der Waals surface area contributed by atoms with E-state index in [4.69, 9.17) is 11.5 Å². The minimum Gasteiger partial charge on any atom is -0.481 e. The van der Waals surface area contributed by atoms with Crippen LogP contribution in [0.25, 0.3) is 0 Å². The molecule has 0 spiro atoms. The van der Waals surface area contributed by atoms with Gasteiger partial charge < -0.3 is 188 Å². The Morgan fingerprint density at radius 1 is 0.320 bits per heavy atom. The van der Waals surface area contributed by atoms with Crippen LogP contribution in [0.2, 0.25) is 0 Å². The number of carbonyl (C=O) groups excluding carboxylic acids is 18. The first-order valence-corrected chi connectivity index (χ1v) is 51.1. The lowest BCUT2D eigenvalue weighted by Gasteiger charge is -2.32. The molecule has 20 atom stereocenters. The van der Waals surface area contributed by atoms with Crippen LogP contribution in [0.5, 0.6) is 0 Å². The maximum Gasteiger partial charge on any atom is 0.328 e. The molecule has 0 bridgehead atoms. The molecular weight excluding hydrogens is 1940 g/mol. The van der Waals surface area contributed by atoms with Gasteiger partial charge in [-0.25, -0.2) is 4.79 Å². The number of nitrogens with one attached hydrogen (secondary N) is 17. The summed E-state index contributed by atoms with van der Waals surface area (Å²) < 4.78 is 0. The number of carboxylic acids is 3. The topological polar surface area (TPSA) is 984 Å². The van der Waals surface area contributed by atoms with E-state index in [9.17, 15) is 136 Å². The number of aliphatic hydroxyl groups excluding tert-OH is 4. The van der Waals surface area contributed by atoms with Crippen molar-refractivity contribution < 1.29 is 182 Å². The summed E-state index contributed by atoms with van der Waals surface area (Å²) in [6.07, 6.45) is -1.23. The number of nitrogens with zero attached hydrogens (tertiary/aromatic N) is 2. The van der Waals surface area contributed by atoms with E-state index in [2.05, 4.69) is 136 Å². The number of carbonyl (C=O) groups is 21. The third kappa shape index (κ3) is 49.8. The number of nitrogens with two attached hydrogens (primary N) is 2. The first-order chi connectivity index (χ1) is 69.7. The SMILES string of the molecule is C[C@H](NC(=O)[C@H](CCCC[NH3+])NC(=O)[C@H](CCCC[NH3+])NC(=O)[C@H](CCCC[NH3+])NC(=O)[C@@H](NC(=O)[C@H](CO)NC(=O)CNC(=O)[C@H](CCCC[NH3+])NC(=O)[C@@H]1CCCN1C(=O)[C@H](CCC(=O)O)NC(=O)[C@@H]1CCCN1C(=O)[C@H](CCC(=O)O)NC(=O)[C@H](CCCC[NH3+])NC(=O)[C@H](CCCNC(N)N)NC(=O)[C@H](CCCC[NH3+])NC(=O)[C@H](C)NC(=O)[C@@H]([NH3+])CO)[C@@H](C)O)C(=O)N[C@@H](CCCC[NH3+])C(=O)N[C@H](C(=O)O)[C@@H](C)O. The Hall–Kier alpha value is -11.7. The fourth-order valence-corrected chi connectivity index (χ4v) is 16.1. The fraction of sp³-hybridized carbons (Fsp3) is 0.767. The molecular formula is C90H173N29O28+8. The summed E-state index contributed by atoms with van der Waals surface area (Å²) in [4.78, 5) is 293. The predicted molar refractivity (Wildman–Crippen MR) is 519 cm³/mol. The predicted octanol–water partition coefficient (Wildman–Crippen LogP) is -19.0. The highest BCUT2D eigenvalue weighted by Gasteiger charge is 2.45. The first kappa shape index (κ1) is 131. The Morgan fingerprint density at radius 3 is 0.925 bits per heavy atom. The molecule has 0 saturated carbocycles. The number of carboxylic acid groups (broad SMARTS) is 3. The Labute approximate surface area is 853 Å². The molecule has 838 valence electrons. The number of aliphatic hydroxyl groups is 4. The van der Waals surface area contributed by atoms with Crippen LogP contribution in [0.15, 0.2) is 0 Å². The fourth-order valence-electron chi connectivity index (χ4n) is 16.1. The molecule has 2 aliphatic heterocycles. The van der Waals surface area contributed by atoms with Gasteiger partial charge in [0.05, 0.1) is 71.2 Å². The lowest BCUT2D eigenvalue weighted by Crippen LogP contribution is -2.70. The molecule has 0 aromatic rings. The van der Waals surface area contributed by atoms with Crippen LogP contribution in [0, 0.1) is 0 Å². The van der Waals surface area contributed by atoms with Gasteiger partial charge in [0.2, 0.25) is 100 Å². The third-order valence-electron chi connectivity index (χ3n) is 24.7. The highest BCUT2D eigenvalue weighted by atomic mass is 16.4. The van der Waals surface area contributed by atoms with Crippen molar-refractivity contribution >= 4 is 124 Å². The van der Waals surface area contributed by atoms with Gasteiger partial charge in [0, 0.05) is 25.9 Å². The number of amides is 18. The van der Waals surface area contributed by atoms with Crippen LogP contribution in [-0.2, 0) is 101 Å². The maximum atomic E-state index is 14.9. The molecule has 52 N–H and O–H groups in total. The molecule has 2 heterocycles. The van der Waals surface area contributed by atoms with Crippen molar-refractivity contribution in [2.75, 3.05) is 85.2 Å². The molecule has 0 unspecified atom stereocenters. The van der Waals surface area contributed by atoms with E-state index >= 15 is 0 Å². The molecule has 57 nitrogen and oxygen atoms in total. The van der Waals surface area contributed by atoms with E-state index in [1.807, 2.05) is 0 Å². The lowest BCUT2D eigenvalue weighted by molar-refractivity contribution is -0.409. The number of hydrogen-bond acceptors (Lipinski definition) is 28. The summed E-state index contributed by atoms with van der Waals surface area (Å²) >= 11 is 0. The standard InChI is InChI=1S/C90H165N29O28/c1-49(103-74(131)53(98)47-120)72(129)106-56(24-7-14-38-93)77(134)111-61(29-19-43-101-90(99)100)80(137)110-58(26-9-16-40-95)81(138)114-62(32-34-68(125)126)87(144)119-45-21-31-66(119)85(142)115-63(33-35-69(127)128)88(145)118-44-20-30-65(118)84(141)112-54(22-5-12-36-91)75(132)102-46-67(124)105-64(48-121)83(140)116-70(51(3)122)86(143)113-59(27-10-17-41-96)79(136)109-57(25-8-15-39-94)78(135)108-55(23-6-13-37-92)76(133)104-50(2)73(130)107-60(28-11-18-42-97)82(139)117-71(52(4)123)89(146)147/h49-66,70-71,90,101,120-123H,5-48,91-100H2,1-4H3,(H,102,132)(H,103,131)(H,104,133)(H,105,124)(H,106,129)(H,107,130)(H,108,135)(H,109,136)(H,110,137)(H,111,134)(H,112,141)(H,113,143)(H,114,138)(H,115,142)(H,116,140)(H,117,139)(H,125,126)(H,127,128)(H,146,147)/p+8/t49-,50-,51+,52+,53-,54-,55-,56-,57-,58-,59-,60-,61-,62-,63-,64-,65-,66-,70-,71-/m0/s1. The summed E-state index contributed by atoms with van der Waals surface area (Å²) in [6, 6.07) is -26.5. The van der Waals surface area contributed by atoms with Crippen LogP contribution in [0.4, 0.5) is 0 Å². The van der Waals surface area contributed by atoms with E-state index in [0.717, 1.165) is 23.6 Å². The summed E-state index contributed by atoms with van der Waals surface area (Å²) in [6.45, 7) is 5.04. The average molecular weight is 2110 g/mol. The zero-order valence-electron chi connectivity index (χ0n) is 85.6. The monoisotopic (exact) mass is 2110 g/mol. The van der Waals surface area contributed by atoms with Crippen molar-refractivity contribution in [1.29, 1.82) is 0 Å². The first-order valence-electron chi connectivity index (χ1n) is 51.1. The Bertz CT molecular complexity index is 4200. The van der Waals surface area contributed by atoms with Gasteiger partial charge in [-0.05, 0) is 220 Å². The number of rotatable bonds is 78. The van der Waals surface area contributed by atoms with Crippen molar-refractivity contribution in [2.45, 2.75) is 354 Å². The number of likely N-dealkylation sites (tertiary alicyclic amines) is 2. The van der Waals surface area contributed by atoms with Gasteiger partial charge in [-0.1, -0.05) is 0 Å². The number of unbranched alkanes of at least 4 members (excludes halogenated alkanes) is 7. The molecule has 0 radical (unpaired) electrons. The number of quaternary nitrogens is 8. The zero-order valence-corrected chi connectivity index (χ0v) is 85.6. The Morgan fingerprint density at radius 2 is 0.605 bits per heavy atom. The Balaban J connectivity index is 2.44. The van der Waals surface area contributed by atoms with Crippen LogP contribution >= 0.6 is 0 Å². The van der Waals surface area contributed by atoms with Crippen molar-refractivity contribution in [2.24, 2.45) is 11.5 Å². The van der Waals surface area contributed by atoms with Crippen molar-refractivity contribution in [3.05, 3.63) is 0 Å². The minimum atomic E-state index is -1.91. The van der Waals surface area contributed by atoms with E-state index in [-0.39, 0.29) is 122 Å². The molecule has 2 fully saturated rings. The van der Waals surface area contributed by atoms with E-state index in [0.29, 0.717) is 116 Å². The van der Waals surface area contributed by atoms with Crippen LogP contribution < -0.4 is 148 Å². The Kier molecular flexibility index (Phi) is 64.8. The zero-order chi connectivity index (χ0) is 111. The van der Waals surface area contributed by atoms with Gasteiger partial charge in [0.25, 0.3) is 5.91 Å². The quantitative estimate of drug-likeness (QED) is 0.0199. The van der Waals surface area contributed by atoms with Gasteiger partial charge in [-0.3, -0.25) is 101 Å². The highest BCUT2D eigenvalue weighted by molar-refractivity contribution is 6.02. The molecule has 0 aliphatic carbocycles. The smallest absolute Gasteiger partial charge is 0.328 e. The van der Waals surface area contributed by atoms with Crippen molar-refractivity contribution in [1.82, 2.24) is 100 Å². The number of aliphatic carboxylic acids is 3. The average Bonchev–Trinajstić information content (AvgIpc) is 1.67. The van der Waals surface area contributed by atoms with Gasteiger partial charge in [0.15, 0.2) is 12.1 Å². The van der Waals surface area contributed by atoms with E-state index in [1.165, 1.54) is 13.8 Å². The summed E-state index contributed by atoms with van der Waals surface area (Å²) in [7, 11) is 0. The van der Waals surface area contributed by atoms with Gasteiger partial charge in [-0.15, -0.1) is 0 Å². The summed E-state index contributed by atoms with van der Waals surface area (Å²) in [5.74, 6) is -21.2. The molecule has 0 aromatic carbocycles.